The van der Waals surface area contributed by atoms with E-state index in [1.54, 1.807) is 6.07 Å². The summed E-state index contributed by atoms with van der Waals surface area (Å²) < 4.78 is 0. The Morgan fingerprint density at radius 2 is 2.15 bits per heavy atom. The van der Waals surface area contributed by atoms with Gasteiger partial charge in [-0.1, -0.05) is 29.8 Å². The van der Waals surface area contributed by atoms with Gasteiger partial charge in [0.15, 0.2) is 0 Å². The van der Waals surface area contributed by atoms with Crippen molar-refractivity contribution < 1.29 is 9.90 Å². The van der Waals surface area contributed by atoms with Crippen LogP contribution in [0.25, 0.3) is 0 Å². The molecule has 0 radical (unpaired) electrons. The molecule has 20 heavy (non-hydrogen) atoms. The van der Waals surface area contributed by atoms with Crippen molar-refractivity contribution in [1.29, 1.82) is 0 Å². The second-order valence-corrected chi connectivity index (χ2v) is 5.91. The highest BCUT2D eigenvalue weighted by Gasteiger charge is 2.13. The molecule has 1 heterocycles. The summed E-state index contributed by atoms with van der Waals surface area (Å²) in [6.07, 6.45) is -0.444. The molecular weight excluding hydrogens is 294 g/mol. The van der Waals surface area contributed by atoms with Gasteiger partial charge in [-0.25, -0.2) is 0 Å². The number of aryl methyl sites for hydroxylation is 1. The Labute approximate surface area is 127 Å². The zero-order valence-corrected chi connectivity index (χ0v) is 12.7. The van der Waals surface area contributed by atoms with Gasteiger partial charge in [-0.3, -0.25) is 4.79 Å². The van der Waals surface area contributed by atoms with Crippen LogP contribution in [0.5, 0.6) is 0 Å². The molecule has 1 amide bonds. The number of halogens is 1. The first-order valence-electron chi connectivity index (χ1n) is 6.30. The Morgan fingerprint density at radius 3 is 2.80 bits per heavy atom. The summed E-state index contributed by atoms with van der Waals surface area (Å²) >= 11 is 7.50. The summed E-state index contributed by atoms with van der Waals surface area (Å²) in [5.41, 5.74) is 1.83. The van der Waals surface area contributed by atoms with Crippen molar-refractivity contribution in [2.75, 3.05) is 6.54 Å². The first kappa shape index (κ1) is 15.0. The lowest BCUT2D eigenvalue weighted by molar-refractivity contribution is -0.120. The lowest BCUT2D eigenvalue weighted by atomic mass is 10.1. The van der Waals surface area contributed by atoms with Gasteiger partial charge in [-0.15, -0.1) is 11.3 Å². The van der Waals surface area contributed by atoms with Crippen LogP contribution >= 0.6 is 22.9 Å². The molecule has 2 aromatic rings. The largest absolute Gasteiger partial charge is 0.386 e. The Kier molecular flexibility index (Phi) is 5.17. The number of carbonyl (C=O) groups excluding carboxylic acids is 1. The number of rotatable bonds is 5. The molecule has 2 N–H and O–H groups in total. The topological polar surface area (TPSA) is 49.3 Å². The van der Waals surface area contributed by atoms with Crippen molar-refractivity contribution in [3.63, 3.8) is 0 Å². The minimum absolute atomic E-state index is 0.147. The standard InChI is InChI=1S/C15H16ClNO2S/c1-10-6-7-20-15(10)13(18)9-17-14(19)8-11-4-2-3-5-12(11)16/h2-7,13,18H,8-9H2,1H3,(H,17,19)/t13-/m0/s1. The van der Waals surface area contributed by atoms with Crippen molar-refractivity contribution in [3.8, 4) is 0 Å². The molecule has 0 fully saturated rings. The molecule has 0 unspecified atom stereocenters. The van der Waals surface area contributed by atoms with Crippen LogP contribution in [0.3, 0.4) is 0 Å². The van der Waals surface area contributed by atoms with E-state index >= 15 is 0 Å². The van der Waals surface area contributed by atoms with Crippen molar-refractivity contribution in [1.82, 2.24) is 5.32 Å². The Balaban J connectivity index is 1.87. The minimum atomic E-state index is -0.662. The average Bonchev–Trinajstić information content (AvgIpc) is 2.85. The van der Waals surface area contributed by atoms with Gasteiger partial charge >= 0.3 is 0 Å². The van der Waals surface area contributed by atoms with Crippen molar-refractivity contribution in [2.24, 2.45) is 0 Å². The van der Waals surface area contributed by atoms with E-state index in [9.17, 15) is 9.90 Å². The smallest absolute Gasteiger partial charge is 0.224 e. The Bertz CT molecular complexity index is 597. The highest BCUT2D eigenvalue weighted by molar-refractivity contribution is 7.10. The highest BCUT2D eigenvalue weighted by atomic mass is 35.5. The lowest BCUT2D eigenvalue weighted by Crippen LogP contribution is -2.29. The van der Waals surface area contributed by atoms with Crippen LogP contribution in [0.4, 0.5) is 0 Å². The van der Waals surface area contributed by atoms with Crippen molar-refractivity contribution in [3.05, 3.63) is 56.7 Å². The molecule has 1 aromatic heterocycles. The van der Waals surface area contributed by atoms with Crippen LogP contribution < -0.4 is 5.32 Å². The number of nitrogens with one attached hydrogen (secondary N) is 1. The first-order chi connectivity index (χ1) is 9.58. The van der Waals surface area contributed by atoms with Crippen LogP contribution in [0, 0.1) is 6.92 Å². The maximum atomic E-state index is 11.8. The summed E-state index contributed by atoms with van der Waals surface area (Å²) in [5, 5.41) is 15.3. The molecule has 106 valence electrons. The van der Waals surface area contributed by atoms with Crippen LogP contribution in [0.15, 0.2) is 35.7 Å². The predicted octanol–water partition coefficient (Wildman–Crippen LogP) is 3.10. The minimum Gasteiger partial charge on any atom is -0.386 e. The van der Waals surface area contributed by atoms with Crippen LogP contribution in [0.1, 0.15) is 22.1 Å². The van der Waals surface area contributed by atoms with Crippen LogP contribution in [-0.4, -0.2) is 17.6 Å². The zero-order valence-electron chi connectivity index (χ0n) is 11.1. The SMILES string of the molecule is Cc1ccsc1[C@@H](O)CNC(=O)Cc1ccccc1Cl. The van der Waals surface area contributed by atoms with Gasteiger partial charge in [0.2, 0.25) is 5.91 Å². The molecule has 0 saturated carbocycles. The molecular formula is C15H16ClNO2S. The number of benzene rings is 1. The third kappa shape index (κ3) is 3.82. The molecule has 0 bridgehead atoms. The normalized spacial score (nSPS) is 12.2. The maximum Gasteiger partial charge on any atom is 0.224 e. The number of thiophene rings is 1. The van der Waals surface area contributed by atoms with Crippen LogP contribution in [-0.2, 0) is 11.2 Å². The van der Waals surface area contributed by atoms with E-state index < -0.39 is 6.10 Å². The van der Waals surface area contributed by atoms with Gasteiger partial charge in [0, 0.05) is 16.4 Å². The predicted molar refractivity (Wildman–Crippen MR) is 82.2 cm³/mol. The van der Waals surface area contributed by atoms with E-state index in [2.05, 4.69) is 5.32 Å². The van der Waals surface area contributed by atoms with Gasteiger partial charge < -0.3 is 10.4 Å². The summed E-state index contributed by atoms with van der Waals surface area (Å²) in [6.45, 7) is 2.16. The quantitative estimate of drug-likeness (QED) is 0.891. The molecule has 0 saturated heterocycles. The third-order valence-electron chi connectivity index (χ3n) is 3.01. The van der Waals surface area contributed by atoms with E-state index in [4.69, 9.17) is 11.6 Å². The Hall–Kier alpha value is -1.36. The Morgan fingerprint density at radius 1 is 1.40 bits per heavy atom. The van der Waals surface area contributed by atoms with Gasteiger partial charge in [0.05, 0.1) is 6.42 Å². The van der Waals surface area contributed by atoms with Crippen molar-refractivity contribution in [2.45, 2.75) is 19.4 Å². The van der Waals surface area contributed by atoms with E-state index in [1.807, 2.05) is 36.6 Å². The number of aliphatic hydroxyl groups is 1. The first-order valence-corrected chi connectivity index (χ1v) is 7.56. The molecule has 0 spiro atoms. The highest BCUT2D eigenvalue weighted by Crippen LogP contribution is 2.23. The van der Waals surface area contributed by atoms with Gasteiger partial charge in [-0.05, 0) is 35.6 Å². The fraction of sp³-hybridized carbons (Fsp3) is 0.267. The fourth-order valence-corrected chi connectivity index (χ4v) is 3.02. The maximum absolute atomic E-state index is 11.8. The monoisotopic (exact) mass is 309 g/mol. The number of carbonyl (C=O) groups is 1. The van der Waals surface area contributed by atoms with E-state index in [0.29, 0.717) is 5.02 Å². The molecule has 1 atom stereocenters. The zero-order chi connectivity index (χ0) is 14.5. The van der Waals surface area contributed by atoms with Gasteiger partial charge in [0.25, 0.3) is 0 Å². The molecule has 0 aliphatic heterocycles. The van der Waals surface area contributed by atoms with E-state index in [0.717, 1.165) is 16.0 Å². The molecule has 0 aliphatic carbocycles. The number of aliphatic hydroxyl groups excluding tert-OH is 1. The molecule has 5 heteroatoms. The van der Waals surface area contributed by atoms with E-state index in [1.165, 1.54) is 11.3 Å². The summed E-state index contributed by atoms with van der Waals surface area (Å²) in [5.74, 6) is -0.147. The van der Waals surface area contributed by atoms with Gasteiger partial charge in [0.1, 0.15) is 6.10 Å². The van der Waals surface area contributed by atoms with Gasteiger partial charge in [-0.2, -0.15) is 0 Å². The second kappa shape index (κ2) is 6.88. The molecule has 1 aromatic carbocycles. The van der Waals surface area contributed by atoms with Crippen LogP contribution in [0.2, 0.25) is 5.02 Å². The van der Waals surface area contributed by atoms with Crippen molar-refractivity contribution >= 4 is 28.8 Å². The third-order valence-corrected chi connectivity index (χ3v) is 4.49. The summed E-state index contributed by atoms with van der Waals surface area (Å²) in [4.78, 5) is 12.7. The summed E-state index contributed by atoms with van der Waals surface area (Å²) in [7, 11) is 0. The number of hydrogen-bond acceptors (Lipinski definition) is 3. The molecule has 3 nitrogen and oxygen atoms in total. The average molecular weight is 310 g/mol. The molecule has 2 rings (SSSR count). The van der Waals surface area contributed by atoms with E-state index in [-0.39, 0.29) is 18.9 Å². The summed E-state index contributed by atoms with van der Waals surface area (Å²) in [6, 6.07) is 9.20. The second-order valence-electron chi connectivity index (χ2n) is 4.56. The fourth-order valence-electron chi connectivity index (χ4n) is 1.91. The number of hydrogen-bond donors (Lipinski definition) is 2. The molecule has 0 aliphatic rings. The number of amides is 1. The lowest BCUT2D eigenvalue weighted by Gasteiger charge is -2.12.